The molecule has 3 aromatic carbocycles. The second-order valence-corrected chi connectivity index (χ2v) is 8.46. The smallest absolute Gasteiger partial charge is 0.294 e. The molecule has 0 aliphatic heterocycles. The summed E-state index contributed by atoms with van der Waals surface area (Å²) in [5.74, 6) is -0.903. The van der Waals surface area contributed by atoms with Crippen LogP contribution >= 0.6 is 0 Å². The van der Waals surface area contributed by atoms with Gasteiger partial charge < -0.3 is 17.2 Å². The molecule has 0 amide bonds. The molecular formula is C21H17N3O5S. The number of ketones is 2. The maximum Gasteiger partial charge on any atom is 0.294 e. The summed E-state index contributed by atoms with van der Waals surface area (Å²) in [6.45, 7) is 1.63. The fourth-order valence-electron chi connectivity index (χ4n) is 3.69. The molecule has 0 unspecified atom stereocenters. The minimum atomic E-state index is -4.57. The quantitative estimate of drug-likeness (QED) is 0.282. The molecule has 0 spiro atoms. The number of hydrogen-bond donors (Lipinski definition) is 4. The molecule has 8 nitrogen and oxygen atoms in total. The topological polar surface area (TPSA) is 167 Å². The van der Waals surface area contributed by atoms with E-state index < -0.39 is 26.6 Å². The highest BCUT2D eigenvalue weighted by atomic mass is 32.2. The van der Waals surface area contributed by atoms with Crippen LogP contribution in [0, 0.1) is 6.92 Å². The van der Waals surface area contributed by atoms with Gasteiger partial charge in [-0.3, -0.25) is 14.1 Å². The average Bonchev–Trinajstić information content (AvgIpc) is 2.69. The van der Waals surface area contributed by atoms with Crippen LogP contribution in [0.2, 0.25) is 0 Å². The predicted molar refractivity (Wildman–Crippen MR) is 113 cm³/mol. The highest BCUT2D eigenvalue weighted by Gasteiger charge is 2.35. The van der Waals surface area contributed by atoms with Crippen molar-refractivity contribution in [1.82, 2.24) is 0 Å². The summed E-state index contributed by atoms with van der Waals surface area (Å²) < 4.78 is 32.9. The van der Waals surface area contributed by atoms with Gasteiger partial charge >= 0.3 is 0 Å². The van der Waals surface area contributed by atoms with Gasteiger partial charge in [0.05, 0.1) is 21.8 Å². The van der Waals surface area contributed by atoms with E-state index >= 15 is 0 Å². The Kier molecular flexibility index (Phi) is 4.19. The minimum absolute atomic E-state index is 0.0142. The van der Waals surface area contributed by atoms with E-state index in [4.69, 9.17) is 17.2 Å². The van der Waals surface area contributed by atoms with E-state index in [1.54, 1.807) is 19.1 Å². The second-order valence-electron chi connectivity index (χ2n) is 7.04. The van der Waals surface area contributed by atoms with Crippen molar-refractivity contribution < 1.29 is 22.6 Å². The molecule has 152 valence electrons. The number of hydrogen-bond acceptors (Lipinski definition) is 7. The number of anilines is 3. The molecule has 0 bridgehead atoms. The molecule has 0 aromatic heterocycles. The van der Waals surface area contributed by atoms with E-state index in [-0.39, 0.29) is 50.4 Å². The lowest BCUT2D eigenvalue weighted by Crippen LogP contribution is -2.24. The van der Waals surface area contributed by atoms with Gasteiger partial charge in [0.1, 0.15) is 0 Å². The van der Waals surface area contributed by atoms with E-state index in [0.717, 1.165) is 6.07 Å². The van der Waals surface area contributed by atoms with Crippen molar-refractivity contribution in [2.24, 2.45) is 0 Å². The van der Waals surface area contributed by atoms with Crippen molar-refractivity contribution in [1.29, 1.82) is 0 Å². The maximum atomic E-state index is 13.3. The number of carbonyl (C=O) groups excluding carboxylic acids is 2. The molecule has 1 aliphatic carbocycles. The molecule has 4 rings (SSSR count). The van der Waals surface area contributed by atoms with Gasteiger partial charge in [0.25, 0.3) is 10.1 Å². The molecular weight excluding hydrogens is 406 g/mol. The Morgan fingerprint density at radius 2 is 1.33 bits per heavy atom. The standard InChI is InChI=1S/C21H17N3O5S/c1-9-13(6-10(7-15(9)22)30(27,28)29)14-8-16(23)19(24)18-17(14)20(25)11-4-2-3-5-12(11)21(18)26/h2-8H,22-24H2,1H3,(H,27,28,29). The largest absolute Gasteiger partial charge is 0.398 e. The number of benzene rings is 3. The fourth-order valence-corrected chi connectivity index (χ4v) is 4.23. The summed E-state index contributed by atoms with van der Waals surface area (Å²) in [6.07, 6.45) is 0. The van der Waals surface area contributed by atoms with E-state index in [1.165, 1.54) is 24.3 Å². The van der Waals surface area contributed by atoms with Gasteiger partial charge in [-0.1, -0.05) is 24.3 Å². The Morgan fingerprint density at radius 1 is 0.767 bits per heavy atom. The van der Waals surface area contributed by atoms with Crippen molar-refractivity contribution in [3.05, 3.63) is 70.3 Å². The molecule has 0 atom stereocenters. The van der Waals surface area contributed by atoms with Gasteiger partial charge in [0, 0.05) is 22.4 Å². The van der Waals surface area contributed by atoms with Crippen LogP contribution in [-0.2, 0) is 10.1 Å². The van der Waals surface area contributed by atoms with Gasteiger partial charge in [-0.2, -0.15) is 8.42 Å². The van der Waals surface area contributed by atoms with Crippen molar-refractivity contribution in [3.8, 4) is 11.1 Å². The van der Waals surface area contributed by atoms with Crippen molar-refractivity contribution in [2.45, 2.75) is 11.8 Å². The average molecular weight is 423 g/mol. The van der Waals surface area contributed by atoms with Gasteiger partial charge in [0.15, 0.2) is 11.6 Å². The Labute approximate surface area is 172 Å². The summed E-state index contributed by atoms with van der Waals surface area (Å²) in [4.78, 5) is 26.0. The third-order valence-electron chi connectivity index (χ3n) is 5.28. The van der Waals surface area contributed by atoms with Crippen LogP contribution < -0.4 is 17.2 Å². The van der Waals surface area contributed by atoms with Crippen LogP contribution in [0.4, 0.5) is 17.1 Å². The maximum absolute atomic E-state index is 13.3. The molecule has 30 heavy (non-hydrogen) atoms. The molecule has 0 saturated carbocycles. The Morgan fingerprint density at radius 3 is 1.90 bits per heavy atom. The van der Waals surface area contributed by atoms with E-state index in [2.05, 4.69) is 0 Å². The van der Waals surface area contributed by atoms with Crippen molar-refractivity contribution >= 4 is 38.7 Å². The first kappa shape index (κ1) is 19.6. The fraction of sp³-hybridized carbons (Fsp3) is 0.0476. The van der Waals surface area contributed by atoms with Crippen LogP contribution in [0.3, 0.4) is 0 Å². The predicted octanol–water partition coefficient (Wildman–Crippen LogP) is 2.43. The first-order valence-electron chi connectivity index (χ1n) is 8.80. The Balaban J connectivity index is 2.13. The monoisotopic (exact) mass is 423 g/mol. The van der Waals surface area contributed by atoms with E-state index in [1.807, 2.05) is 0 Å². The van der Waals surface area contributed by atoms with Gasteiger partial charge in [-0.05, 0) is 41.8 Å². The normalized spacial score (nSPS) is 13.1. The van der Waals surface area contributed by atoms with E-state index in [9.17, 15) is 22.6 Å². The Hall–Kier alpha value is -3.69. The molecule has 7 N–H and O–H groups in total. The lowest BCUT2D eigenvalue weighted by molar-refractivity contribution is 0.0980. The summed E-state index contributed by atoms with van der Waals surface area (Å²) >= 11 is 0. The number of rotatable bonds is 2. The SMILES string of the molecule is Cc1c(N)cc(S(=O)(=O)O)cc1-c1cc(N)c(N)c2c1C(=O)c1ccccc1C2=O. The summed E-state index contributed by atoms with van der Waals surface area (Å²) in [6, 6.07) is 10.0. The zero-order valence-electron chi connectivity index (χ0n) is 15.8. The number of carbonyl (C=O) groups is 2. The molecule has 0 heterocycles. The Bertz CT molecular complexity index is 1390. The third-order valence-corrected chi connectivity index (χ3v) is 6.11. The van der Waals surface area contributed by atoms with Crippen LogP contribution in [0.5, 0.6) is 0 Å². The lowest BCUT2D eigenvalue weighted by atomic mass is 9.78. The zero-order chi connectivity index (χ0) is 22.0. The number of nitrogens with two attached hydrogens (primary N) is 3. The third kappa shape index (κ3) is 2.75. The molecule has 3 aromatic rings. The van der Waals surface area contributed by atoms with Crippen LogP contribution in [0.25, 0.3) is 11.1 Å². The molecule has 9 heteroatoms. The molecule has 0 saturated heterocycles. The van der Waals surface area contributed by atoms with Crippen molar-refractivity contribution in [2.75, 3.05) is 17.2 Å². The molecule has 1 aliphatic rings. The summed E-state index contributed by atoms with van der Waals surface area (Å²) in [5, 5.41) is 0. The van der Waals surface area contributed by atoms with Crippen LogP contribution in [0.1, 0.15) is 37.4 Å². The van der Waals surface area contributed by atoms with Crippen LogP contribution in [-0.4, -0.2) is 24.5 Å². The molecule has 0 radical (unpaired) electrons. The van der Waals surface area contributed by atoms with Gasteiger partial charge in [-0.25, -0.2) is 0 Å². The second kappa shape index (κ2) is 6.41. The first-order valence-corrected chi connectivity index (χ1v) is 10.2. The lowest BCUT2D eigenvalue weighted by Gasteiger charge is -2.24. The molecule has 0 fully saturated rings. The minimum Gasteiger partial charge on any atom is -0.398 e. The van der Waals surface area contributed by atoms with E-state index in [0.29, 0.717) is 5.56 Å². The van der Waals surface area contributed by atoms with Gasteiger partial charge in [0.2, 0.25) is 0 Å². The number of fused-ring (bicyclic) bond motifs is 2. The zero-order valence-corrected chi connectivity index (χ0v) is 16.6. The summed E-state index contributed by atoms with van der Waals surface area (Å²) in [7, 11) is -4.57. The first-order chi connectivity index (χ1) is 14.0. The summed E-state index contributed by atoms with van der Waals surface area (Å²) in [5.41, 5.74) is 19.5. The highest BCUT2D eigenvalue weighted by Crippen LogP contribution is 2.42. The number of nitrogen functional groups attached to an aromatic ring is 3. The highest BCUT2D eigenvalue weighted by molar-refractivity contribution is 7.85. The van der Waals surface area contributed by atoms with Crippen LogP contribution in [0.15, 0.2) is 47.4 Å². The van der Waals surface area contributed by atoms with Crippen molar-refractivity contribution in [3.63, 3.8) is 0 Å². The van der Waals surface area contributed by atoms with Gasteiger partial charge in [-0.15, -0.1) is 0 Å².